The Bertz CT molecular complexity index is 1200. The van der Waals surface area contributed by atoms with Gasteiger partial charge in [-0.25, -0.2) is 9.97 Å². The molecule has 4 atom stereocenters. The summed E-state index contributed by atoms with van der Waals surface area (Å²) in [6, 6.07) is 9.76. The summed E-state index contributed by atoms with van der Waals surface area (Å²) < 4.78 is 7.30. The SMILES string of the molecule is Nc1ncnc2c1c(-c1nccc3ccccc13)cn2[C@@H]1O[C@H](CO)[C@@H](O)[C@H]1O. The molecule has 1 aliphatic rings. The molecule has 0 amide bonds. The highest BCUT2D eigenvalue weighted by Gasteiger charge is 2.44. The summed E-state index contributed by atoms with van der Waals surface area (Å²) in [7, 11) is 0. The monoisotopic (exact) mass is 393 g/mol. The molecule has 5 rings (SSSR count). The first-order chi connectivity index (χ1) is 14.1. The van der Waals surface area contributed by atoms with Crippen LogP contribution >= 0.6 is 0 Å². The zero-order valence-electron chi connectivity index (χ0n) is 15.3. The molecule has 29 heavy (non-hydrogen) atoms. The summed E-state index contributed by atoms with van der Waals surface area (Å²) in [5, 5.41) is 32.6. The van der Waals surface area contributed by atoms with Crippen molar-refractivity contribution in [2.45, 2.75) is 24.5 Å². The third-order valence-corrected chi connectivity index (χ3v) is 5.36. The van der Waals surface area contributed by atoms with Crippen LogP contribution in [0.25, 0.3) is 33.1 Å². The number of pyridine rings is 1. The molecule has 9 heteroatoms. The van der Waals surface area contributed by atoms with Gasteiger partial charge < -0.3 is 30.4 Å². The number of aliphatic hydroxyl groups is 3. The van der Waals surface area contributed by atoms with Gasteiger partial charge in [-0.15, -0.1) is 0 Å². The van der Waals surface area contributed by atoms with Crippen LogP contribution in [0.5, 0.6) is 0 Å². The number of anilines is 1. The van der Waals surface area contributed by atoms with E-state index in [0.717, 1.165) is 10.8 Å². The third-order valence-electron chi connectivity index (χ3n) is 5.36. The highest BCUT2D eigenvalue weighted by Crippen LogP contribution is 2.39. The molecule has 148 valence electrons. The van der Waals surface area contributed by atoms with Crippen molar-refractivity contribution in [3.8, 4) is 11.3 Å². The van der Waals surface area contributed by atoms with Crippen LogP contribution in [0, 0.1) is 0 Å². The minimum absolute atomic E-state index is 0.269. The van der Waals surface area contributed by atoms with Gasteiger partial charge in [0, 0.05) is 23.3 Å². The van der Waals surface area contributed by atoms with Gasteiger partial charge in [-0.05, 0) is 11.5 Å². The van der Waals surface area contributed by atoms with E-state index in [-0.39, 0.29) is 5.82 Å². The molecule has 3 aromatic heterocycles. The third kappa shape index (κ3) is 2.67. The number of rotatable bonds is 3. The van der Waals surface area contributed by atoms with Crippen LogP contribution in [-0.2, 0) is 4.74 Å². The van der Waals surface area contributed by atoms with Crippen molar-refractivity contribution in [2.75, 3.05) is 12.3 Å². The number of aliphatic hydroxyl groups excluding tert-OH is 3. The van der Waals surface area contributed by atoms with Crippen molar-refractivity contribution < 1.29 is 20.1 Å². The Morgan fingerprint density at radius 3 is 2.69 bits per heavy atom. The van der Waals surface area contributed by atoms with Crippen LogP contribution in [0.4, 0.5) is 5.82 Å². The number of hydrogen-bond donors (Lipinski definition) is 4. The number of nitrogen functional groups attached to an aromatic ring is 1. The quantitative estimate of drug-likeness (QED) is 0.401. The summed E-state index contributed by atoms with van der Waals surface area (Å²) >= 11 is 0. The second kappa shape index (κ2) is 6.75. The summed E-state index contributed by atoms with van der Waals surface area (Å²) in [6.07, 6.45) is 0.481. The van der Waals surface area contributed by atoms with E-state index in [0.29, 0.717) is 22.3 Å². The fourth-order valence-corrected chi connectivity index (χ4v) is 3.93. The Hall–Kier alpha value is -3.11. The molecule has 1 fully saturated rings. The van der Waals surface area contributed by atoms with Crippen LogP contribution in [-0.4, -0.2) is 59.8 Å². The van der Waals surface area contributed by atoms with Gasteiger partial charge in [-0.2, -0.15) is 0 Å². The maximum Gasteiger partial charge on any atom is 0.164 e. The van der Waals surface area contributed by atoms with Gasteiger partial charge in [0.15, 0.2) is 6.23 Å². The molecule has 0 spiro atoms. The maximum absolute atomic E-state index is 10.5. The number of aromatic nitrogens is 4. The van der Waals surface area contributed by atoms with Gasteiger partial charge in [-0.3, -0.25) is 4.98 Å². The molecule has 0 radical (unpaired) electrons. The maximum atomic E-state index is 10.5. The molecule has 0 saturated carbocycles. The van der Waals surface area contributed by atoms with E-state index in [4.69, 9.17) is 10.5 Å². The van der Waals surface area contributed by atoms with E-state index < -0.39 is 31.1 Å². The first-order valence-electron chi connectivity index (χ1n) is 9.17. The van der Waals surface area contributed by atoms with Crippen LogP contribution < -0.4 is 5.73 Å². The lowest BCUT2D eigenvalue weighted by molar-refractivity contribution is -0.0508. The van der Waals surface area contributed by atoms with E-state index in [2.05, 4.69) is 15.0 Å². The number of hydrogen-bond acceptors (Lipinski definition) is 8. The van der Waals surface area contributed by atoms with Crippen LogP contribution in [0.15, 0.2) is 49.1 Å². The molecule has 1 aromatic carbocycles. The first-order valence-corrected chi connectivity index (χ1v) is 9.17. The first kappa shape index (κ1) is 18.0. The highest BCUT2D eigenvalue weighted by atomic mass is 16.6. The van der Waals surface area contributed by atoms with Crippen LogP contribution in [0.1, 0.15) is 6.23 Å². The largest absolute Gasteiger partial charge is 0.394 e. The number of fused-ring (bicyclic) bond motifs is 2. The number of nitrogens with two attached hydrogens (primary N) is 1. The molecule has 1 aliphatic heterocycles. The lowest BCUT2D eigenvalue weighted by Gasteiger charge is -2.17. The van der Waals surface area contributed by atoms with Gasteiger partial charge in [-0.1, -0.05) is 24.3 Å². The van der Waals surface area contributed by atoms with Gasteiger partial charge in [0.1, 0.15) is 36.1 Å². The summed E-state index contributed by atoms with van der Waals surface area (Å²) in [4.78, 5) is 13.0. The average molecular weight is 393 g/mol. The van der Waals surface area contributed by atoms with Crippen molar-refractivity contribution in [1.82, 2.24) is 19.5 Å². The second-order valence-electron chi connectivity index (χ2n) is 7.02. The van der Waals surface area contributed by atoms with Crippen molar-refractivity contribution in [2.24, 2.45) is 0 Å². The standard InChI is InChI=1S/C20H19N5O4/c21-18-14-12(15-11-4-2-1-3-10(11)5-6-22-15)7-25(19(14)24-9-23-18)20-17(28)16(27)13(8-26)29-20/h1-7,9,13,16-17,20,26-28H,8H2,(H2,21,23,24)/t13-,16-,17-,20-/m1/s1. The van der Waals surface area contributed by atoms with E-state index >= 15 is 0 Å². The van der Waals surface area contributed by atoms with Gasteiger partial charge in [0.05, 0.1) is 17.7 Å². The Morgan fingerprint density at radius 1 is 1.07 bits per heavy atom. The summed E-state index contributed by atoms with van der Waals surface area (Å²) in [6.45, 7) is -0.414. The number of benzene rings is 1. The Kier molecular flexibility index (Phi) is 4.18. The summed E-state index contributed by atoms with van der Waals surface area (Å²) in [5.41, 5.74) is 8.00. The normalized spacial score (nSPS) is 24.5. The summed E-state index contributed by atoms with van der Waals surface area (Å²) in [5.74, 6) is 0.269. The fraction of sp³-hybridized carbons (Fsp3) is 0.250. The molecule has 9 nitrogen and oxygen atoms in total. The Morgan fingerprint density at radius 2 is 1.90 bits per heavy atom. The Labute approximate surface area is 165 Å². The lowest BCUT2D eigenvalue weighted by Crippen LogP contribution is -2.33. The van der Waals surface area contributed by atoms with Gasteiger partial charge >= 0.3 is 0 Å². The van der Waals surface area contributed by atoms with E-state index in [1.807, 2.05) is 30.3 Å². The topological polar surface area (TPSA) is 140 Å². The molecule has 0 unspecified atom stereocenters. The predicted molar refractivity (Wildman–Crippen MR) is 106 cm³/mol. The second-order valence-corrected chi connectivity index (χ2v) is 7.02. The lowest BCUT2D eigenvalue weighted by atomic mass is 10.0. The van der Waals surface area contributed by atoms with Crippen LogP contribution in [0.3, 0.4) is 0 Å². The number of ether oxygens (including phenoxy) is 1. The zero-order chi connectivity index (χ0) is 20.1. The minimum atomic E-state index is -1.24. The molecule has 4 heterocycles. The average Bonchev–Trinajstić information content (AvgIpc) is 3.26. The van der Waals surface area contributed by atoms with E-state index in [1.54, 1.807) is 17.0 Å². The van der Waals surface area contributed by atoms with E-state index in [1.165, 1.54) is 6.33 Å². The van der Waals surface area contributed by atoms with Gasteiger partial charge in [0.25, 0.3) is 0 Å². The minimum Gasteiger partial charge on any atom is -0.394 e. The molecule has 5 N–H and O–H groups in total. The fourth-order valence-electron chi connectivity index (χ4n) is 3.93. The molecule has 0 aliphatic carbocycles. The molecule has 4 aromatic rings. The van der Waals surface area contributed by atoms with E-state index in [9.17, 15) is 15.3 Å². The van der Waals surface area contributed by atoms with Crippen LogP contribution in [0.2, 0.25) is 0 Å². The molecular weight excluding hydrogens is 374 g/mol. The van der Waals surface area contributed by atoms with Crippen molar-refractivity contribution >= 4 is 27.6 Å². The molecule has 0 bridgehead atoms. The molecular formula is C20H19N5O4. The smallest absolute Gasteiger partial charge is 0.164 e. The Balaban J connectivity index is 1.76. The zero-order valence-corrected chi connectivity index (χ0v) is 15.3. The van der Waals surface area contributed by atoms with Crippen molar-refractivity contribution in [1.29, 1.82) is 0 Å². The predicted octanol–water partition coefficient (Wildman–Crippen LogP) is 0.840. The van der Waals surface area contributed by atoms with Gasteiger partial charge in [0.2, 0.25) is 0 Å². The number of nitrogens with zero attached hydrogens (tertiary/aromatic N) is 4. The highest BCUT2D eigenvalue weighted by molar-refractivity contribution is 6.06. The van der Waals surface area contributed by atoms with Crippen molar-refractivity contribution in [3.05, 3.63) is 49.1 Å². The molecule has 1 saturated heterocycles. The van der Waals surface area contributed by atoms with Crippen molar-refractivity contribution in [3.63, 3.8) is 0 Å².